The van der Waals surface area contributed by atoms with Crippen molar-refractivity contribution in [3.63, 3.8) is 0 Å². The Kier molecular flexibility index (Phi) is 6.78. The molecule has 1 heterocycles. The maximum atomic E-state index is 11.4. The third-order valence-corrected chi connectivity index (χ3v) is 3.05. The van der Waals surface area contributed by atoms with E-state index in [1.54, 1.807) is 0 Å². The highest BCUT2D eigenvalue weighted by molar-refractivity contribution is 7.99. The molecule has 1 rings (SSSR count). The van der Waals surface area contributed by atoms with Gasteiger partial charge in [0.15, 0.2) is 5.16 Å². The summed E-state index contributed by atoms with van der Waals surface area (Å²) in [5.41, 5.74) is -0.489. The van der Waals surface area contributed by atoms with Gasteiger partial charge in [-0.1, -0.05) is 11.8 Å². The van der Waals surface area contributed by atoms with Gasteiger partial charge in [-0.25, -0.2) is 4.79 Å². The molecule has 0 fully saturated rings. The van der Waals surface area contributed by atoms with Gasteiger partial charge in [-0.2, -0.15) is 15.0 Å². The lowest BCUT2D eigenvalue weighted by Gasteiger charge is -2.19. The van der Waals surface area contributed by atoms with Crippen LogP contribution in [0.5, 0.6) is 0 Å². The molecule has 1 aromatic heterocycles. The minimum absolute atomic E-state index is 0.0689. The van der Waals surface area contributed by atoms with Gasteiger partial charge in [-0.05, 0) is 50.4 Å². The maximum absolute atomic E-state index is 11.4. The fourth-order valence-electron chi connectivity index (χ4n) is 1.11. The zero-order valence-electron chi connectivity index (χ0n) is 11.4. The van der Waals surface area contributed by atoms with Gasteiger partial charge in [0.2, 0.25) is 10.6 Å². The number of hydrogen-bond acceptors (Lipinski definition) is 6. The Morgan fingerprint density at radius 1 is 1.25 bits per heavy atom. The van der Waals surface area contributed by atoms with Crippen molar-refractivity contribution in [2.45, 2.75) is 37.9 Å². The fraction of sp³-hybridized carbons (Fsp3) is 0.636. The first-order valence-corrected chi connectivity index (χ1v) is 7.67. The zero-order chi connectivity index (χ0) is 15.2. The molecule has 0 aliphatic heterocycles. The number of amides is 1. The van der Waals surface area contributed by atoms with Crippen LogP contribution >= 0.6 is 35.0 Å². The van der Waals surface area contributed by atoms with Crippen LogP contribution < -0.4 is 5.32 Å². The van der Waals surface area contributed by atoms with E-state index in [4.69, 9.17) is 27.9 Å². The fourth-order valence-corrected chi connectivity index (χ4v) is 2.35. The van der Waals surface area contributed by atoms with Crippen LogP contribution in [0.2, 0.25) is 10.6 Å². The van der Waals surface area contributed by atoms with E-state index in [1.807, 2.05) is 20.8 Å². The predicted molar refractivity (Wildman–Crippen MR) is 79.4 cm³/mol. The summed E-state index contributed by atoms with van der Waals surface area (Å²) in [5.74, 6) is 0.715. The Bertz CT molecular complexity index is 448. The standard InChI is InChI=1S/C11H16Cl2N4O2S/c1-11(2,3)19-10(18)14-5-4-6-20-9-16-7(12)15-8(13)17-9/h4-6H2,1-3H3,(H,14,18). The van der Waals surface area contributed by atoms with E-state index in [0.717, 1.165) is 6.42 Å². The molecule has 20 heavy (non-hydrogen) atoms. The summed E-state index contributed by atoms with van der Waals surface area (Å²) in [5, 5.41) is 3.27. The van der Waals surface area contributed by atoms with Crippen LogP contribution in [0.4, 0.5) is 4.79 Å². The molecule has 0 aliphatic rings. The highest BCUT2D eigenvalue weighted by Crippen LogP contribution is 2.17. The first kappa shape index (κ1) is 17.3. The number of ether oxygens (including phenoxy) is 1. The number of thioether (sulfide) groups is 1. The summed E-state index contributed by atoms with van der Waals surface area (Å²) in [4.78, 5) is 22.9. The van der Waals surface area contributed by atoms with E-state index in [2.05, 4.69) is 20.3 Å². The number of carbonyl (C=O) groups excluding carboxylic acids is 1. The molecule has 0 spiro atoms. The van der Waals surface area contributed by atoms with E-state index in [0.29, 0.717) is 17.5 Å². The predicted octanol–water partition coefficient (Wildman–Crippen LogP) is 3.19. The van der Waals surface area contributed by atoms with Crippen LogP contribution in [0, 0.1) is 0 Å². The quantitative estimate of drug-likeness (QED) is 0.656. The third-order valence-electron chi connectivity index (χ3n) is 1.78. The average molecular weight is 339 g/mol. The Morgan fingerprint density at radius 2 is 1.85 bits per heavy atom. The molecule has 0 atom stereocenters. The van der Waals surface area contributed by atoms with Crippen LogP contribution in [0.15, 0.2) is 5.16 Å². The van der Waals surface area contributed by atoms with Crippen LogP contribution in [0.1, 0.15) is 27.2 Å². The molecule has 1 amide bonds. The number of alkyl carbamates (subject to hydrolysis) is 1. The first-order valence-electron chi connectivity index (χ1n) is 5.93. The first-order chi connectivity index (χ1) is 9.26. The van der Waals surface area contributed by atoms with Crippen molar-refractivity contribution in [3.05, 3.63) is 10.6 Å². The van der Waals surface area contributed by atoms with E-state index < -0.39 is 11.7 Å². The summed E-state index contributed by atoms with van der Waals surface area (Å²) >= 11 is 12.7. The SMILES string of the molecule is CC(C)(C)OC(=O)NCCCSc1nc(Cl)nc(Cl)n1. The molecule has 0 unspecified atom stereocenters. The van der Waals surface area contributed by atoms with Crippen molar-refractivity contribution in [1.29, 1.82) is 0 Å². The van der Waals surface area contributed by atoms with Gasteiger partial charge < -0.3 is 10.1 Å². The second kappa shape index (κ2) is 7.85. The number of nitrogens with zero attached hydrogens (tertiary/aromatic N) is 3. The highest BCUT2D eigenvalue weighted by Gasteiger charge is 2.15. The second-order valence-electron chi connectivity index (χ2n) is 4.79. The van der Waals surface area contributed by atoms with Crippen molar-refractivity contribution < 1.29 is 9.53 Å². The van der Waals surface area contributed by atoms with Crippen LogP contribution in [0.25, 0.3) is 0 Å². The summed E-state index contributed by atoms with van der Waals surface area (Å²) in [6.45, 7) is 5.96. The summed E-state index contributed by atoms with van der Waals surface area (Å²) in [6, 6.07) is 0. The van der Waals surface area contributed by atoms with Gasteiger partial charge in [0, 0.05) is 12.3 Å². The van der Waals surface area contributed by atoms with E-state index in [1.165, 1.54) is 11.8 Å². The molecule has 0 aromatic carbocycles. The van der Waals surface area contributed by atoms with Crippen molar-refractivity contribution in [2.75, 3.05) is 12.3 Å². The molecule has 0 saturated heterocycles. The molecule has 1 N–H and O–H groups in total. The van der Waals surface area contributed by atoms with Crippen molar-refractivity contribution in [2.24, 2.45) is 0 Å². The van der Waals surface area contributed by atoms with Gasteiger partial charge in [0.05, 0.1) is 0 Å². The minimum Gasteiger partial charge on any atom is -0.444 e. The molecule has 1 aromatic rings. The van der Waals surface area contributed by atoms with Gasteiger partial charge >= 0.3 is 6.09 Å². The van der Waals surface area contributed by atoms with E-state index >= 15 is 0 Å². The number of aromatic nitrogens is 3. The molecule has 0 saturated carbocycles. The number of nitrogens with one attached hydrogen (secondary N) is 1. The average Bonchev–Trinajstić information content (AvgIpc) is 2.24. The lowest BCUT2D eigenvalue weighted by atomic mass is 10.2. The van der Waals surface area contributed by atoms with Crippen molar-refractivity contribution in [1.82, 2.24) is 20.3 Å². The summed E-state index contributed by atoms with van der Waals surface area (Å²) < 4.78 is 5.11. The minimum atomic E-state index is -0.489. The van der Waals surface area contributed by atoms with Gasteiger partial charge in [0.1, 0.15) is 5.60 Å². The van der Waals surface area contributed by atoms with Crippen LogP contribution in [-0.2, 0) is 4.74 Å². The molecular weight excluding hydrogens is 323 g/mol. The third kappa shape index (κ3) is 7.72. The van der Waals surface area contributed by atoms with Crippen molar-refractivity contribution >= 4 is 41.1 Å². The number of rotatable bonds is 5. The number of carbonyl (C=O) groups is 1. The Morgan fingerprint density at radius 3 is 2.40 bits per heavy atom. The lowest BCUT2D eigenvalue weighted by molar-refractivity contribution is 0.0528. The zero-order valence-corrected chi connectivity index (χ0v) is 13.8. The van der Waals surface area contributed by atoms with Gasteiger partial charge in [-0.3, -0.25) is 0 Å². The molecule has 0 aliphatic carbocycles. The Labute approximate surface area is 132 Å². The monoisotopic (exact) mass is 338 g/mol. The van der Waals surface area contributed by atoms with Gasteiger partial charge in [-0.15, -0.1) is 0 Å². The highest BCUT2D eigenvalue weighted by atomic mass is 35.5. The summed E-state index contributed by atoms with van der Waals surface area (Å²) in [7, 11) is 0. The van der Waals surface area contributed by atoms with Gasteiger partial charge in [0.25, 0.3) is 0 Å². The molecule has 9 heteroatoms. The Balaban J connectivity index is 2.20. The normalized spacial score (nSPS) is 11.2. The van der Waals surface area contributed by atoms with Crippen LogP contribution in [-0.4, -0.2) is 38.9 Å². The van der Waals surface area contributed by atoms with E-state index in [9.17, 15) is 4.79 Å². The second-order valence-corrected chi connectivity index (χ2v) is 6.52. The van der Waals surface area contributed by atoms with Crippen molar-refractivity contribution in [3.8, 4) is 0 Å². The topological polar surface area (TPSA) is 77.0 Å². The largest absolute Gasteiger partial charge is 0.444 e. The lowest BCUT2D eigenvalue weighted by Crippen LogP contribution is -2.33. The molecule has 0 radical (unpaired) electrons. The smallest absolute Gasteiger partial charge is 0.407 e. The summed E-state index contributed by atoms with van der Waals surface area (Å²) in [6.07, 6.45) is 0.318. The molecule has 112 valence electrons. The van der Waals surface area contributed by atoms with E-state index in [-0.39, 0.29) is 10.6 Å². The number of halogens is 2. The molecular formula is C11H16Cl2N4O2S. The number of hydrogen-bond donors (Lipinski definition) is 1. The Hall–Kier alpha value is -0.790. The maximum Gasteiger partial charge on any atom is 0.407 e. The molecule has 6 nitrogen and oxygen atoms in total. The van der Waals surface area contributed by atoms with Crippen LogP contribution in [0.3, 0.4) is 0 Å². The molecule has 0 bridgehead atoms.